The van der Waals surface area contributed by atoms with Crippen LogP contribution in [0, 0.1) is 10.8 Å². The number of rotatable bonds is 11. The predicted octanol–water partition coefficient (Wildman–Crippen LogP) is 5.85. The van der Waals surface area contributed by atoms with Crippen LogP contribution in [0.4, 0.5) is 22.0 Å². The highest BCUT2D eigenvalue weighted by atomic mass is 35.5. The third-order valence-electron chi connectivity index (χ3n) is 9.04. The van der Waals surface area contributed by atoms with Gasteiger partial charge < -0.3 is 10.5 Å². The Hall–Kier alpha value is -5.00. The predicted molar refractivity (Wildman–Crippen MR) is 176 cm³/mol. The van der Waals surface area contributed by atoms with Gasteiger partial charge >= 0.3 is 12.1 Å². The van der Waals surface area contributed by atoms with E-state index in [9.17, 15) is 31.5 Å². The molecule has 2 atom stereocenters. The van der Waals surface area contributed by atoms with Gasteiger partial charge in [0.2, 0.25) is 5.82 Å². The maximum absolute atomic E-state index is 14.9. The van der Waals surface area contributed by atoms with E-state index in [4.69, 9.17) is 27.1 Å². The number of hydrogen-bond acceptors (Lipinski definition) is 10. The molecule has 1 aliphatic heterocycles. The molecule has 0 spiro atoms. The second kappa shape index (κ2) is 13.2. The number of halogens is 6. The first-order chi connectivity index (χ1) is 24.3. The standard InChI is InChI=1S/C33H34ClF5N10O3/c1-30(2,3)16-32(20-8-5-18(6-9-20)26-44-46-47(4)45-26)28(51)48(29(40)43-32)23(15-52-24(50)14-31(11-12-31)33(37,38)39)19-7-10-21(34)22(13-19)49-27(25(35)36)41-17-42-49/h5-10,13,17,23,25H,11-12,14-16H2,1-4H3,(H2,40,43)/t23-,32-/m1/s1. The van der Waals surface area contributed by atoms with Crippen molar-refractivity contribution in [1.82, 2.24) is 39.9 Å². The number of tetrazole rings is 1. The first-order valence-corrected chi connectivity index (χ1v) is 16.5. The molecule has 276 valence electrons. The Kier molecular flexibility index (Phi) is 9.34. The largest absolute Gasteiger partial charge is 0.463 e. The van der Waals surface area contributed by atoms with Gasteiger partial charge in [-0.05, 0) is 53.2 Å². The van der Waals surface area contributed by atoms with Crippen molar-refractivity contribution in [2.24, 2.45) is 28.6 Å². The second-order valence-electron chi connectivity index (χ2n) is 14.1. The van der Waals surface area contributed by atoms with Gasteiger partial charge in [0.25, 0.3) is 12.3 Å². The summed E-state index contributed by atoms with van der Waals surface area (Å²) in [6.07, 6.45) is -7.91. The average Bonchev–Trinajstić information content (AvgIpc) is 3.36. The van der Waals surface area contributed by atoms with Crippen molar-refractivity contribution in [1.29, 1.82) is 0 Å². The third kappa shape index (κ3) is 6.95. The Morgan fingerprint density at radius 2 is 1.79 bits per heavy atom. The van der Waals surface area contributed by atoms with Gasteiger partial charge in [-0.1, -0.05) is 62.7 Å². The van der Waals surface area contributed by atoms with E-state index in [0.717, 1.165) is 15.9 Å². The fourth-order valence-electron chi connectivity index (χ4n) is 6.38. The quantitative estimate of drug-likeness (QED) is 0.147. The van der Waals surface area contributed by atoms with Gasteiger partial charge in [-0.3, -0.25) is 14.5 Å². The Bertz CT molecular complexity index is 2020. The number of aromatic nitrogens is 7. The minimum Gasteiger partial charge on any atom is -0.463 e. The highest BCUT2D eigenvalue weighted by Crippen LogP contribution is 2.60. The summed E-state index contributed by atoms with van der Waals surface area (Å²) in [6.45, 7) is 5.07. The number of alkyl halides is 5. The minimum atomic E-state index is -4.61. The molecular formula is C33H34ClF5N10O3. The van der Waals surface area contributed by atoms with Crippen molar-refractivity contribution < 1.29 is 36.3 Å². The zero-order valence-corrected chi connectivity index (χ0v) is 29.2. The number of hydrogen-bond donors (Lipinski definition) is 1. The summed E-state index contributed by atoms with van der Waals surface area (Å²) in [5, 5.41) is 15.9. The maximum Gasteiger partial charge on any atom is 0.395 e. The van der Waals surface area contributed by atoms with Gasteiger partial charge in [0, 0.05) is 5.56 Å². The molecule has 0 saturated heterocycles. The lowest BCUT2D eigenvalue weighted by Gasteiger charge is -2.35. The fourth-order valence-corrected chi connectivity index (χ4v) is 6.58. The van der Waals surface area contributed by atoms with Crippen LogP contribution >= 0.6 is 11.6 Å². The van der Waals surface area contributed by atoms with Gasteiger partial charge in [-0.2, -0.15) is 23.1 Å². The highest BCUT2D eigenvalue weighted by Gasteiger charge is 2.64. The van der Waals surface area contributed by atoms with Gasteiger partial charge in [0.1, 0.15) is 12.9 Å². The van der Waals surface area contributed by atoms with Crippen LogP contribution in [0.25, 0.3) is 17.1 Å². The van der Waals surface area contributed by atoms with Crippen molar-refractivity contribution in [3.63, 3.8) is 0 Å². The van der Waals surface area contributed by atoms with Gasteiger partial charge in [-0.15, -0.1) is 10.2 Å². The molecule has 3 heterocycles. The summed E-state index contributed by atoms with van der Waals surface area (Å²) in [5.74, 6) is -2.39. The monoisotopic (exact) mass is 748 g/mol. The Morgan fingerprint density at radius 3 is 2.37 bits per heavy atom. The average molecular weight is 749 g/mol. The van der Waals surface area contributed by atoms with Crippen LogP contribution in [0.15, 0.2) is 53.8 Å². The molecule has 1 saturated carbocycles. The molecule has 2 aromatic carbocycles. The molecule has 19 heteroatoms. The van der Waals surface area contributed by atoms with Gasteiger partial charge in [-0.25, -0.2) is 23.4 Å². The van der Waals surface area contributed by atoms with E-state index in [2.05, 4.69) is 25.5 Å². The van der Waals surface area contributed by atoms with Crippen LogP contribution < -0.4 is 5.73 Å². The molecule has 1 amide bonds. The number of nitrogens with two attached hydrogens (primary N) is 1. The molecule has 2 aliphatic rings. The summed E-state index contributed by atoms with van der Waals surface area (Å²) in [7, 11) is 1.62. The number of carbonyl (C=O) groups is 2. The number of aryl methyl sites for hydroxylation is 1. The number of guanidine groups is 1. The van der Waals surface area contributed by atoms with Crippen molar-refractivity contribution >= 4 is 29.4 Å². The van der Waals surface area contributed by atoms with Crippen LogP contribution in [-0.2, 0) is 26.9 Å². The zero-order valence-electron chi connectivity index (χ0n) is 28.4. The summed E-state index contributed by atoms with van der Waals surface area (Å²) in [5.41, 5.74) is 3.47. The van der Waals surface area contributed by atoms with Crippen molar-refractivity contribution in [2.45, 2.75) is 70.6 Å². The molecule has 0 radical (unpaired) electrons. The minimum absolute atomic E-state index is 0.0121. The maximum atomic E-state index is 14.9. The van der Waals surface area contributed by atoms with E-state index in [0.29, 0.717) is 17.0 Å². The number of nitrogens with zero attached hydrogens (tertiary/aromatic N) is 9. The van der Waals surface area contributed by atoms with Crippen molar-refractivity contribution in [3.8, 4) is 17.1 Å². The van der Waals surface area contributed by atoms with E-state index in [1.54, 1.807) is 31.3 Å². The van der Waals surface area contributed by atoms with E-state index in [1.807, 2.05) is 20.8 Å². The smallest absolute Gasteiger partial charge is 0.395 e. The molecule has 1 aliphatic carbocycles. The second-order valence-corrected chi connectivity index (χ2v) is 14.5. The first-order valence-electron chi connectivity index (χ1n) is 16.1. The Balaban J connectivity index is 1.41. The van der Waals surface area contributed by atoms with E-state index < -0.39 is 65.7 Å². The van der Waals surface area contributed by atoms with Crippen molar-refractivity contribution in [2.75, 3.05) is 6.61 Å². The normalized spacial score (nSPS) is 19.2. The Morgan fingerprint density at radius 1 is 1.10 bits per heavy atom. The molecule has 52 heavy (non-hydrogen) atoms. The Labute approximate surface area is 299 Å². The molecular weight excluding hydrogens is 715 g/mol. The van der Waals surface area contributed by atoms with E-state index in [1.165, 1.54) is 23.0 Å². The number of aliphatic imine (C=N–C) groups is 1. The van der Waals surface area contributed by atoms with Gasteiger partial charge in [0.05, 0.1) is 35.6 Å². The topological polar surface area (TPSA) is 159 Å². The number of esters is 1. The number of carbonyl (C=O) groups excluding carboxylic acids is 2. The van der Waals surface area contributed by atoms with Crippen LogP contribution in [0.3, 0.4) is 0 Å². The molecule has 2 N–H and O–H groups in total. The fraction of sp³-hybridized carbons (Fsp3) is 0.455. The van der Waals surface area contributed by atoms with E-state index in [-0.39, 0.29) is 41.5 Å². The highest BCUT2D eigenvalue weighted by molar-refractivity contribution is 6.32. The van der Waals surface area contributed by atoms with Crippen LogP contribution in [-0.4, -0.2) is 70.5 Å². The molecule has 6 rings (SSSR count). The number of benzene rings is 2. The summed E-state index contributed by atoms with van der Waals surface area (Å²) < 4.78 is 75.0. The summed E-state index contributed by atoms with van der Waals surface area (Å²) in [6, 6.07) is 9.64. The number of amides is 1. The third-order valence-corrected chi connectivity index (χ3v) is 9.36. The van der Waals surface area contributed by atoms with Crippen LogP contribution in [0.2, 0.25) is 5.02 Å². The van der Waals surface area contributed by atoms with Crippen LogP contribution in [0.1, 0.15) is 75.9 Å². The molecule has 1 fully saturated rings. The summed E-state index contributed by atoms with van der Waals surface area (Å²) >= 11 is 6.42. The lowest BCUT2D eigenvalue weighted by Crippen LogP contribution is -2.47. The zero-order chi connectivity index (χ0) is 37.8. The van der Waals surface area contributed by atoms with E-state index >= 15 is 0 Å². The number of ether oxygens (including phenoxy) is 1. The molecule has 0 bridgehead atoms. The van der Waals surface area contributed by atoms with Gasteiger partial charge in [0.15, 0.2) is 17.3 Å². The lowest BCUT2D eigenvalue weighted by atomic mass is 9.75. The van der Waals surface area contributed by atoms with Crippen LogP contribution in [0.5, 0.6) is 0 Å². The SMILES string of the molecule is Cn1nnc(-c2ccc([C@@]3(CC(C)(C)C)N=C(N)N([C@H](COC(=O)CC4(C(F)(F)F)CC4)c4ccc(Cl)c(-n5ncnc5C(F)F)c4)C3=O)cc2)n1. The molecule has 2 aromatic heterocycles. The van der Waals surface area contributed by atoms with Crippen molar-refractivity contribution in [3.05, 3.63) is 70.8 Å². The lowest BCUT2D eigenvalue weighted by molar-refractivity contribution is -0.195. The molecule has 0 unspecified atom stereocenters. The molecule has 4 aromatic rings. The first kappa shape index (κ1) is 36.8. The molecule has 13 nitrogen and oxygen atoms in total. The summed E-state index contributed by atoms with van der Waals surface area (Å²) in [4.78, 5) is 38.6.